The Bertz CT molecular complexity index is 1000. The van der Waals surface area contributed by atoms with Crippen LogP contribution in [0.15, 0.2) is 60.7 Å². The van der Waals surface area contributed by atoms with E-state index in [0.717, 1.165) is 14.3 Å². The molecule has 24 heavy (non-hydrogen) atoms. The van der Waals surface area contributed by atoms with Gasteiger partial charge in [0.25, 0.3) is 0 Å². The number of nitrogens with zero attached hydrogens (tertiary/aromatic N) is 1. The Kier molecular flexibility index (Phi) is 5.03. The summed E-state index contributed by atoms with van der Waals surface area (Å²) < 4.78 is 28.1. The van der Waals surface area contributed by atoms with Crippen LogP contribution in [-0.2, 0) is 15.8 Å². The molecule has 0 radical (unpaired) electrons. The maximum Gasteiger partial charge on any atom is 0.239 e. The van der Waals surface area contributed by atoms with Crippen molar-refractivity contribution in [3.8, 4) is 0 Å². The molecule has 0 unspecified atom stereocenters. The molecular formula is C18H15ClINO2S. The third-order valence-electron chi connectivity index (χ3n) is 3.90. The molecular weight excluding hydrogens is 457 g/mol. The van der Waals surface area contributed by atoms with E-state index in [-0.39, 0.29) is 5.75 Å². The Morgan fingerprint density at radius 3 is 2.29 bits per heavy atom. The van der Waals surface area contributed by atoms with E-state index < -0.39 is 10.0 Å². The monoisotopic (exact) mass is 471 g/mol. The molecule has 0 spiro atoms. The maximum atomic E-state index is 12.8. The van der Waals surface area contributed by atoms with Crippen molar-refractivity contribution in [1.29, 1.82) is 0 Å². The van der Waals surface area contributed by atoms with Crippen LogP contribution in [0.5, 0.6) is 0 Å². The standard InChI is InChI=1S/C18H15ClINO2S/c1-21(24(22,23)12-13-6-2-5-9-16(13)19)18-11-10-17(20)14-7-3-4-8-15(14)18/h2-11H,12H2,1H3. The van der Waals surface area contributed by atoms with Gasteiger partial charge in [0.15, 0.2) is 0 Å². The summed E-state index contributed by atoms with van der Waals surface area (Å²) in [6.07, 6.45) is 0. The Morgan fingerprint density at radius 1 is 0.958 bits per heavy atom. The molecule has 124 valence electrons. The van der Waals surface area contributed by atoms with Crippen molar-refractivity contribution in [1.82, 2.24) is 0 Å². The van der Waals surface area contributed by atoms with Gasteiger partial charge in [-0.3, -0.25) is 4.31 Å². The summed E-state index contributed by atoms with van der Waals surface area (Å²) in [5.74, 6) is -0.135. The molecule has 0 aliphatic carbocycles. The molecule has 0 fully saturated rings. The number of halogens is 2. The first kappa shape index (κ1) is 17.5. The molecule has 0 amide bonds. The highest BCUT2D eigenvalue weighted by Gasteiger charge is 2.22. The first-order valence-electron chi connectivity index (χ1n) is 7.27. The third kappa shape index (κ3) is 3.38. The predicted octanol–water partition coefficient (Wildman–Crippen LogP) is 5.06. The van der Waals surface area contributed by atoms with E-state index in [0.29, 0.717) is 16.3 Å². The van der Waals surface area contributed by atoms with Crippen molar-refractivity contribution in [3.63, 3.8) is 0 Å². The van der Waals surface area contributed by atoms with Crippen LogP contribution >= 0.6 is 34.2 Å². The van der Waals surface area contributed by atoms with Crippen molar-refractivity contribution in [2.75, 3.05) is 11.4 Å². The molecule has 0 N–H and O–H groups in total. The van der Waals surface area contributed by atoms with Gasteiger partial charge in [0.05, 0.1) is 11.4 Å². The third-order valence-corrected chi connectivity index (χ3v) is 6.92. The topological polar surface area (TPSA) is 37.4 Å². The molecule has 0 aliphatic rings. The van der Waals surface area contributed by atoms with Crippen LogP contribution in [0.3, 0.4) is 0 Å². The van der Waals surface area contributed by atoms with E-state index in [1.54, 1.807) is 31.3 Å². The minimum absolute atomic E-state index is 0.135. The van der Waals surface area contributed by atoms with Crippen LogP contribution in [0.25, 0.3) is 10.8 Å². The molecule has 3 rings (SSSR count). The van der Waals surface area contributed by atoms with Crippen LogP contribution in [0.2, 0.25) is 5.02 Å². The second kappa shape index (κ2) is 6.90. The summed E-state index contributed by atoms with van der Waals surface area (Å²) in [5.41, 5.74) is 1.26. The Labute approximate surface area is 160 Å². The van der Waals surface area contributed by atoms with Crippen LogP contribution in [-0.4, -0.2) is 15.5 Å². The Hall–Kier alpha value is -1.31. The zero-order valence-electron chi connectivity index (χ0n) is 12.9. The lowest BCUT2D eigenvalue weighted by atomic mass is 10.1. The Morgan fingerprint density at radius 2 is 1.58 bits per heavy atom. The maximum absolute atomic E-state index is 12.8. The average Bonchev–Trinajstić information content (AvgIpc) is 2.57. The molecule has 0 aliphatic heterocycles. The molecule has 0 aromatic heterocycles. The lowest BCUT2D eigenvalue weighted by Gasteiger charge is -2.22. The second-order valence-electron chi connectivity index (χ2n) is 5.43. The smallest absolute Gasteiger partial charge is 0.239 e. The lowest BCUT2D eigenvalue weighted by Crippen LogP contribution is -2.28. The molecule has 6 heteroatoms. The number of hydrogen-bond donors (Lipinski definition) is 0. The van der Waals surface area contributed by atoms with Gasteiger partial charge < -0.3 is 0 Å². The average molecular weight is 472 g/mol. The molecule has 0 saturated heterocycles. The lowest BCUT2D eigenvalue weighted by molar-refractivity contribution is 0.593. The predicted molar refractivity (Wildman–Crippen MR) is 109 cm³/mol. The molecule has 0 heterocycles. The van der Waals surface area contributed by atoms with Crippen LogP contribution < -0.4 is 4.31 Å². The van der Waals surface area contributed by atoms with Gasteiger partial charge in [0.2, 0.25) is 10.0 Å². The highest BCUT2D eigenvalue weighted by atomic mass is 127. The van der Waals surface area contributed by atoms with E-state index in [9.17, 15) is 8.42 Å². The molecule has 3 aromatic rings. The van der Waals surface area contributed by atoms with Crippen molar-refractivity contribution in [2.45, 2.75) is 5.75 Å². The largest absolute Gasteiger partial charge is 0.272 e. The number of sulfonamides is 1. The molecule has 3 aromatic carbocycles. The summed E-state index contributed by atoms with van der Waals surface area (Å²) in [4.78, 5) is 0. The highest BCUT2D eigenvalue weighted by Crippen LogP contribution is 2.32. The quantitative estimate of drug-likeness (QED) is 0.499. The first-order chi connectivity index (χ1) is 11.4. The normalized spacial score (nSPS) is 11.6. The van der Waals surface area contributed by atoms with Gasteiger partial charge in [-0.1, -0.05) is 54.1 Å². The molecule has 3 nitrogen and oxygen atoms in total. The SMILES string of the molecule is CN(c1ccc(I)c2ccccc12)S(=O)(=O)Cc1ccccc1Cl. The summed E-state index contributed by atoms with van der Waals surface area (Å²) >= 11 is 8.37. The fourth-order valence-electron chi connectivity index (χ4n) is 2.58. The van der Waals surface area contributed by atoms with E-state index >= 15 is 0 Å². The zero-order chi connectivity index (χ0) is 17.3. The summed E-state index contributed by atoms with van der Waals surface area (Å²) in [6, 6.07) is 18.6. The fraction of sp³-hybridized carbons (Fsp3) is 0.111. The number of hydrogen-bond acceptors (Lipinski definition) is 2. The zero-order valence-corrected chi connectivity index (χ0v) is 16.6. The van der Waals surface area contributed by atoms with Crippen molar-refractivity contribution in [2.24, 2.45) is 0 Å². The van der Waals surface area contributed by atoms with E-state index in [4.69, 9.17) is 11.6 Å². The van der Waals surface area contributed by atoms with Gasteiger partial charge in [0, 0.05) is 21.0 Å². The number of benzene rings is 3. The highest BCUT2D eigenvalue weighted by molar-refractivity contribution is 14.1. The van der Waals surface area contributed by atoms with Gasteiger partial charge in [-0.2, -0.15) is 0 Å². The van der Waals surface area contributed by atoms with Gasteiger partial charge in [-0.05, 0) is 51.7 Å². The molecule has 0 atom stereocenters. The van der Waals surface area contributed by atoms with E-state index in [1.807, 2.05) is 36.4 Å². The fourth-order valence-corrected chi connectivity index (χ4v) is 4.81. The molecule has 0 saturated carbocycles. The van der Waals surface area contributed by atoms with Gasteiger partial charge in [-0.15, -0.1) is 0 Å². The van der Waals surface area contributed by atoms with Crippen molar-refractivity contribution >= 4 is 60.7 Å². The number of fused-ring (bicyclic) bond motifs is 1. The minimum atomic E-state index is -3.55. The summed E-state index contributed by atoms with van der Waals surface area (Å²) in [7, 11) is -1.96. The van der Waals surface area contributed by atoms with E-state index in [2.05, 4.69) is 22.6 Å². The van der Waals surface area contributed by atoms with Crippen molar-refractivity contribution < 1.29 is 8.42 Å². The van der Waals surface area contributed by atoms with Gasteiger partial charge in [0.1, 0.15) is 0 Å². The summed E-state index contributed by atoms with van der Waals surface area (Å²) in [6.45, 7) is 0. The van der Waals surface area contributed by atoms with Crippen LogP contribution in [0, 0.1) is 3.57 Å². The Balaban J connectivity index is 2.04. The minimum Gasteiger partial charge on any atom is -0.272 e. The number of anilines is 1. The second-order valence-corrected chi connectivity index (χ2v) is 9.00. The van der Waals surface area contributed by atoms with Crippen LogP contribution in [0.4, 0.5) is 5.69 Å². The van der Waals surface area contributed by atoms with Gasteiger partial charge in [-0.25, -0.2) is 8.42 Å². The number of rotatable bonds is 4. The summed E-state index contributed by atoms with van der Waals surface area (Å²) in [5, 5.41) is 2.41. The van der Waals surface area contributed by atoms with Gasteiger partial charge >= 0.3 is 0 Å². The van der Waals surface area contributed by atoms with Crippen LogP contribution in [0.1, 0.15) is 5.56 Å². The van der Waals surface area contributed by atoms with E-state index in [1.165, 1.54) is 4.31 Å². The first-order valence-corrected chi connectivity index (χ1v) is 10.3. The van der Waals surface area contributed by atoms with Crippen molar-refractivity contribution in [3.05, 3.63) is 74.8 Å². The molecule has 0 bridgehead atoms.